The first-order valence-corrected chi connectivity index (χ1v) is 11.6. The SMILES string of the molecule is C=C(CCC)N/C(C(=O)N/C(=C(/C)CC)c1cc(C)ccc1OCC)=C(/C)C(C)CC. The molecule has 4 nitrogen and oxygen atoms in total. The molecule has 172 valence electrons. The van der Waals surface area contributed by atoms with Crippen LogP contribution in [0.5, 0.6) is 5.75 Å². The molecular formula is C27H42N2O2. The standard InChI is InChI=1S/C27H42N2O2/c1-10-14-21(8)28-26(22(9)19(6)11-2)27(30)29-25(20(7)12-3)23-17-18(5)15-16-24(23)31-13-4/h15-17,19,28H,8,10-14H2,1-7,9H3,(H,29,30)/b25-20-,26-22-. The van der Waals surface area contributed by atoms with Gasteiger partial charge >= 0.3 is 0 Å². The number of carbonyl (C=O) groups is 1. The first kappa shape index (κ1) is 26.5. The van der Waals surface area contributed by atoms with Gasteiger partial charge in [0, 0.05) is 11.3 Å². The fourth-order valence-electron chi connectivity index (χ4n) is 3.31. The third-order valence-corrected chi connectivity index (χ3v) is 5.73. The molecule has 1 amide bonds. The highest BCUT2D eigenvalue weighted by Gasteiger charge is 2.21. The summed E-state index contributed by atoms with van der Waals surface area (Å²) in [6.45, 7) is 21.3. The monoisotopic (exact) mass is 426 g/mol. The number of ether oxygens (including phenoxy) is 1. The summed E-state index contributed by atoms with van der Waals surface area (Å²) in [5, 5.41) is 6.53. The van der Waals surface area contributed by atoms with Crippen LogP contribution in [0.3, 0.4) is 0 Å². The lowest BCUT2D eigenvalue weighted by Gasteiger charge is -2.22. The van der Waals surface area contributed by atoms with E-state index in [0.29, 0.717) is 18.2 Å². The third-order valence-electron chi connectivity index (χ3n) is 5.73. The van der Waals surface area contributed by atoms with Crippen molar-refractivity contribution in [1.29, 1.82) is 0 Å². The Labute approximate surface area is 189 Å². The van der Waals surface area contributed by atoms with Crippen LogP contribution in [0.1, 0.15) is 85.3 Å². The van der Waals surface area contributed by atoms with Crippen molar-refractivity contribution in [3.8, 4) is 5.75 Å². The number of benzene rings is 1. The van der Waals surface area contributed by atoms with Crippen molar-refractivity contribution >= 4 is 11.6 Å². The van der Waals surface area contributed by atoms with Crippen molar-refractivity contribution in [3.05, 3.63) is 58.4 Å². The van der Waals surface area contributed by atoms with Gasteiger partial charge in [0.2, 0.25) is 0 Å². The summed E-state index contributed by atoms with van der Waals surface area (Å²) in [5.74, 6) is 0.936. The zero-order chi connectivity index (χ0) is 23.6. The maximum Gasteiger partial charge on any atom is 0.272 e. The van der Waals surface area contributed by atoms with Crippen LogP contribution in [0.25, 0.3) is 5.70 Å². The fraction of sp³-hybridized carbons (Fsp3) is 0.519. The highest BCUT2D eigenvalue weighted by atomic mass is 16.5. The molecular weight excluding hydrogens is 384 g/mol. The molecule has 0 aromatic heterocycles. The second-order valence-electron chi connectivity index (χ2n) is 8.24. The Morgan fingerprint density at radius 3 is 2.35 bits per heavy atom. The van der Waals surface area contributed by atoms with Gasteiger partial charge in [0.15, 0.2) is 0 Å². The number of allylic oxidation sites excluding steroid dienone is 3. The Kier molecular flexibility index (Phi) is 11.2. The first-order chi connectivity index (χ1) is 14.7. The highest BCUT2D eigenvalue weighted by Crippen LogP contribution is 2.30. The summed E-state index contributed by atoms with van der Waals surface area (Å²) in [6, 6.07) is 6.09. The number of hydrogen-bond acceptors (Lipinski definition) is 3. The quantitative estimate of drug-likeness (QED) is 0.358. The molecule has 4 heteroatoms. The largest absolute Gasteiger partial charge is 0.493 e. The number of aryl methyl sites for hydroxylation is 1. The molecule has 0 aliphatic heterocycles. The Morgan fingerprint density at radius 1 is 1.13 bits per heavy atom. The van der Waals surface area contributed by atoms with Crippen LogP contribution >= 0.6 is 0 Å². The molecule has 0 aliphatic rings. The molecule has 0 aliphatic carbocycles. The zero-order valence-electron chi connectivity index (χ0n) is 20.9. The lowest BCUT2D eigenvalue weighted by atomic mass is 9.97. The second kappa shape index (κ2) is 13.0. The van der Waals surface area contributed by atoms with E-state index in [-0.39, 0.29) is 5.91 Å². The fourth-order valence-corrected chi connectivity index (χ4v) is 3.31. The summed E-state index contributed by atoms with van der Waals surface area (Å²) in [4.78, 5) is 13.6. The van der Waals surface area contributed by atoms with Gasteiger partial charge in [-0.1, -0.05) is 52.3 Å². The number of amides is 1. The van der Waals surface area contributed by atoms with Gasteiger partial charge in [-0.2, -0.15) is 0 Å². The van der Waals surface area contributed by atoms with Crippen LogP contribution in [0, 0.1) is 12.8 Å². The number of nitrogens with one attached hydrogen (secondary N) is 2. The molecule has 2 N–H and O–H groups in total. The minimum absolute atomic E-state index is 0.137. The van der Waals surface area contributed by atoms with E-state index in [4.69, 9.17) is 4.74 Å². The smallest absolute Gasteiger partial charge is 0.272 e. The normalized spacial score (nSPS) is 13.7. The molecule has 1 aromatic rings. The molecule has 1 rings (SSSR count). The van der Waals surface area contributed by atoms with Gasteiger partial charge in [0.05, 0.1) is 12.3 Å². The molecule has 1 aromatic carbocycles. The van der Waals surface area contributed by atoms with Gasteiger partial charge in [-0.25, -0.2) is 0 Å². The maximum atomic E-state index is 13.6. The summed E-state index contributed by atoms with van der Waals surface area (Å²) < 4.78 is 5.88. The van der Waals surface area contributed by atoms with Crippen molar-refractivity contribution < 1.29 is 9.53 Å². The minimum atomic E-state index is -0.137. The Balaban J connectivity index is 3.47. The molecule has 0 heterocycles. The summed E-state index contributed by atoms with van der Waals surface area (Å²) in [7, 11) is 0. The first-order valence-electron chi connectivity index (χ1n) is 11.6. The van der Waals surface area contributed by atoms with E-state index in [2.05, 4.69) is 64.8 Å². The number of rotatable bonds is 12. The molecule has 31 heavy (non-hydrogen) atoms. The van der Waals surface area contributed by atoms with Crippen LogP contribution in [0.2, 0.25) is 0 Å². The van der Waals surface area contributed by atoms with Crippen molar-refractivity contribution in [2.24, 2.45) is 5.92 Å². The highest BCUT2D eigenvalue weighted by molar-refractivity contribution is 6.00. The van der Waals surface area contributed by atoms with Gasteiger partial charge in [0.1, 0.15) is 11.4 Å². The minimum Gasteiger partial charge on any atom is -0.493 e. The van der Waals surface area contributed by atoms with Gasteiger partial charge < -0.3 is 15.4 Å². The molecule has 0 fully saturated rings. The van der Waals surface area contributed by atoms with E-state index in [1.165, 1.54) is 0 Å². The maximum absolute atomic E-state index is 13.6. The van der Waals surface area contributed by atoms with E-state index < -0.39 is 0 Å². The third kappa shape index (κ3) is 7.61. The molecule has 1 unspecified atom stereocenters. The van der Waals surface area contributed by atoms with E-state index in [0.717, 1.165) is 65.1 Å². The van der Waals surface area contributed by atoms with Crippen LogP contribution in [0.15, 0.2) is 47.3 Å². The van der Waals surface area contributed by atoms with Crippen LogP contribution in [-0.2, 0) is 4.79 Å². The second-order valence-corrected chi connectivity index (χ2v) is 8.24. The molecule has 0 saturated carbocycles. The molecule has 0 bridgehead atoms. The van der Waals surface area contributed by atoms with Crippen molar-refractivity contribution in [1.82, 2.24) is 10.6 Å². The van der Waals surface area contributed by atoms with E-state index >= 15 is 0 Å². The predicted molar refractivity (Wildman–Crippen MR) is 133 cm³/mol. The lowest BCUT2D eigenvalue weighted by Crippen LogP contribution is -2.33. The average Bonchev–Trinajstić information content (AvgIpc) is 2.75. The average molecular weight is 427 g/mol. The van der Waals surface area contributed by atoms with Gasteiger partial charge in [-0.3, -0.25) is 4.79 Å². The lowest BCUT2D eigenvalue weighted by molar-refractivity contribution is -0.116. The van der Waals surface area contributed by atoms with Crippen LogP contribution in [-0.4, -0.2) is 12.5 Å². The topological polar surface area (TPSA) is 50.4 Å². The molecule has 1 atom stereocenters. The molecule has 0 saturated heterocycles. The van der Waals surface area contributed by atoms with Crippen LogP contribution < -0.4 is 15.4 Å². The van der Waals surface area contributed by atoms with E-state index in [9.17, 15) is 4.79 Å². The molecule has 0 radical (unpaired) electrons. The predicted octanol–water partition coefficient (Wildman–Crippen LogP) is 6.87. The Hall–Kier alpha value is -2.49. The Bertz CT molecular complexity index is 834. The molecule has 0 spiro atoms. The van der Waals surface area contributed by atoms with E-state index in [1.54, 1.807) is 0 Å². The number of hydrogen-bond donors (Lipinski definition) is 2. The van der Waals surface area contributed by atoms with E-state index in [1.807, 2.05) is 26.0 Å². The summed E-state index contributed by atoms with van der Waals surface area (Å²) >= 11 is 0. The van der Waals surface area contributed by atoms with Gasteiger partial charge in [-0.05, 0) is 76.2 Å². The summed E-state index contributed by atoms with van der Waals surface area (Å²) in [5.41, 5.74) is 6.46. The van der Waals surface area contributed by atoms with Crippen LogP contribution in [0.4, 0.5) is 0 Å². The summed E-state index contributed by atoms with van der Waals surface area (Å²) in [6.07, 6.45) is 3.60. The zero-order valence-corrected chi connectivity index (χ0v) is 20.9. The van der Waals surface area contributed by atoms with Gasteiger partial charge in [-0.15, -0.1) is 0 Å². The number of carbonyl (C=O) groups excluding carboxylic acids is 1. The van der Waals surface area contributed by atoms with Crippen molar-refractivity contribution in [3.63, 3.8) is 0 Å². The van der Waals surface area contributed by atoms with Crippen molar-refractivity contribution in [2.45, 2.75) is 81.1 Å². The van der Waals surface area contributed by atoms with Crippen molar-refractivity contribution in [2.75, 3.05) is 6.61 Å². The Morgan fingerprint density at radius 2 is 1.81 bits per heavy atom. The van der Waals surface area contributed by atoms with Gasteiger partial charge in [0.25, 0.3) is 5.91 Å².